The van der Waals surface area contributed by atoms with Gasteiger partial charge < -0.3 is 16.0 Å². The van der Waals surface area contributed by atoms with E-state index in [4.69, 9.17) is 0 Å². The van der Waals surface area contributed by atoms with Crippen molar-refractivity contribution < 1.29 is 4.79 Å². The van der Waals surface area contributed by atoms with Gasteiger partial charge in [-0.3, -0.25) is 14.7 Å². The molecule has 158 valence electrons. The maximum Gasteiger partial charge on any atom is 0.227 e. The first-order valence-corrected chi connectivity index (χ1v) is 10.4. The van der Waals surface area contributed by atoms with E-state index in [0.29, 0.717) is 18.6 Å². The normalized spacial score (nSPS) is 13.1. The van der Waals surface area contributed by atoms with Crippen molar-refractivity contribution in [1.29, 1.82) is 0 Å². The number of carbonyl (C=O) groups excluding carboxylic acids is 1. The van der Waals surface area contributed by atoms with Crippen molar-refractivity contribution >= 4 is 17.6 Å². The highest BCUT2D eigenvalue weighted by atomic mass is 16.1. The minimum absolute atomic E-state index is 0.0149. The molecule has 1 atom stereocenters. The SMILES string of the molecule is CCC(C)C(=O)Nc1cccc(CNC(=NC)NCCN(C(C)C)C(C)C)c1. The highest BCUT2D eigenvalue weighted by Crippen LogP contribution is 2.13. The van der Waals surface area contributed by atoms with Crippen molar-refractivity contribution in [3.63, 3.8) is 0 Å². The second-order valence-electron chi connectivity index (χ2n) is 7.78. The summed E-state index contributed by atoms with van der Waals surface area (Å²) < 4.78 is 0. The molecular weight excluding hydrogens is 350 g/mol. The van der Waals surface area contributed by atoms with E-state index in [1.54, 1.807) is 7.05 Å². The zero-order valence-corrected chi connectivity index (χ0v) is 18.7. The van der Waals surface area contributed by atoms with E-state index < -0.39 is 0 Å². The van der Waals surface area contributed by atoms with Gasteiger partial charge in [-0.15, -0.1) is 0 Å². The second-order valence-corrected chi connectivity index (χ2v) is 7.78. The number of benzene rings is 1. The lowest BCUT2D eigenvalue weighted by atomic mass is 10.1. The minimum Gasteiger partial charge on any atom is -0.355 e. The van der Waals surface area contributed by atoms with E-state index in [0.717, 1.165) is 36.7 Å². The molecule has 0 saturated carbocycles. The van der Waals surface area contributed by atoms with E-state index in [1.165, 1.54) is 0 Å². The third-order valence-electron chi connectivity index (χ3n) is 4.93. The first kappa shape index (κ1) is 24.0. The molecule has 1 rings (SSSR count). The van der Waals surface area contributed by atoms with Crippen LogP contribution in [0.1, 0.15) is 53.5 Å². The summed E-state index contributed by atoms with van der Waals surface area (Å²) in [6, 6.07) is 8.96. The number of guanidine groups is 1. The Labute approximate surface area is 171 Å². The van der Waals surface area contributed by atoms with Crippen LogP contribution >= 0.6 is 0 Å². The van der Waals surface area contributed by atoms with Gasteiger partial charge in [0.2, 0.25) is 5.91 Å². The van der Waals surface area contributed by atoms with Gasteiger partial charge in [0.25, 0.3) is 0 Å². The van der Waals surface area contributed by atoms with E-state index in [2.05, 4.69) is 53.5 Å². The van der Waals surface area contributed by atoms with Gasteiger partial charge in [-0.2, -0.15) is 0 Å². The molecule has 1 unspecified atom stereocenters. The van der Waals surface area contributed by atoms with E-state index in [-0.39, 0.29) is 11.8 Å². The van der Waals surface area contributed by atoms with Crippen LogP contribution in [0.4, 0.5) is 5.69 Å². The fourth-order valence-electron chi connectivity index (χ4n) is 3.03. The molecule has 1 aromatic rings. The molecule has 0 radical (unpaired) electrons. The summed E-state index contributed by atoms with van der Waals surface area (Å²) in [5.41, 5.74) is 1.92. The summed E-state index contributed by atoms with van der Waals surface area (Å²) in [6.45, 7) is 15.3. The van der Waals surface area contributed by atoms with E-state index in [1.807, 2.05) is 38.1 Å². The van der Waals surface area contributed by atoms with Crippen molar-refractivity contribution in [2.45, 2.75) is 66.6 Å². The summed E-state index contributed by atoms with van der Waals surface area (Å²) in [6.07, 6.45) is 0.833. The summed E-state index contributed by atoms with van der Waals surface area (Å²) in [5, 5.41) is 9.70. The summed E-state index contributed by atoms with van der Waals surface area (Å²) in [7, 11) is 1.78. The number of aliphatic imine (C=N–C) groups is 1. The fourth-order valence-corrected chi connectivity index (χ4v) is 3.03. The fraction of sp³-hybridized carbons (Fsp3) is 0.636. The highest BCUT2D eigenvalue weighted by molar-refractivity contribution is 5.92. The molecule has 6 nitrogen and oxygen atoms in total. The molecule has 0 bridgehead atoms. The third kappa shape index (κ3) is 8.30. The number of anilines is 1. The maximum atomic E-state index is 12.1. The van der Waals surface area contributed by atoms with E-state index in [9.17, 15) is 4.79 Å². The Morgan fingerprint density at radius 3 is 2.36 bits per heavy atom. The predicted molar refractivity (Wildman–Crippen MR) is 120 cm³/mol. The number of hydrogen-bond donors (Lipinski definition) is 3. The smallest absolute Gasteiger partial charge is 0.227 e. The van der Waals surface area contributed by atoms with Crippen LogP contribution in [0.2, 0.25) is 0 Å². The van der Waals surface area contributed by atoms with Crippen molar-refractivity contribution in [2.75, 3.05) is 25.5 Å². The Bertz CT molecular complexity index is 619. The quantitative estimate of drug-likeness (QED) is 0.423. The first-order valence-electron chi connectivity index (χ1n) is 10.4. The lowest BCUT2D eigenvalue weighted by Gasteiger charge is -2.30. The summed E-state index contributed by atoms with van der Waals surface area (Å²) in [5.74, 6) is 0.854. The zero-order chi connectivity index (χ0) is 21.1. The summed E-state index contributed by atoms with van der Waals surface area (Å²) >= 11 is 0. The van der Waals surface area contributed by atoms with Gasteiger partial charge in [-0.1, -0.05) is 26.0 Å². The molecule has 6 heteroatoms. The zero-order valence-electron chi connectivity index (χ0n) is 18.7. The number of amides is 1. The minimum atomic E-state index is 0.0149. The van der Waals surface area contributed by atoms with Gasteiger partial charge in [-0.05, 0) is 51.8 Å². The Kier molecular flexibility index (Phi) is 10.6. The number of carbonyl (C=O) groups is 1. The van der Waals surface area contributed by atoms with Gasteiger partial charge in [0.1, 0.15) is 0 Å². The van der Waals surface area contributed by atoms with Crippen molar-refractivity contribution in [1.82, 2.24) is 15.5 Å². The maximum absolute atomic E-state index is 12.1. The predicted octanol–water partition coefficient (Wildman–Crippen LogP) is 3.46. The standard InChI is InChI=1S/C22H39N5O/c1-8-18(6)21(28)26-20-11-9-10-19(14-20)15-25-22(23-7)24-12-13-27(16(2)3)17(4)5/h9-11,14,16-18H,8,12-13,15H2,1-7H3,(H,26,28)(H2,23,24,25). The van der Waals surface area contributed by atoms with E-state index >= 15 is 0 Å². The molecule has 0 aliphatic carbocycles. The lowest BCUT2D eigenvalue weighted by molar-refractivity contribution is -0.119. The van der Waals surface area contributed by atoms with Crippen LogP contribution in [0, 0.1) is 5.92 Å². The molecule has 0 aromatic heterocycles. The molecule has 3 N–H and O–H groups in total. The van der Waals surface area contributed by atoms with Gasteiger partial charge in [0.05, 0.1) is 0 Å². The number of rotatable bonds is 10. The van der Waals surface area contributed by atoms with Crippen molar-refractivity contribution in [3.05, 3.63) is 29.8 Å². The molecule has 28 heavy (non-hydrogen) atoms. The molecule has 0 heterocycles. The molecule has 1 aromatic carbocycles. The molecule has 1 amide bonds. The lowest BCUT2D eigenvalue weighted by Crippen LogP contribution is -2.45. The van der Waals surface area contributed by atoms with Gasteiger partial charge in [-0.25, -0.2) is 0 Å². The first-order chi connectivity index (χ1) is 13.3. The second kappa shape index (κ2) is 12.4. The van der Waals surface area contributed by atoms with Crippen LogP contribution in [0.3, 0.4) is 0 Å². The summed E-state index contributed by atoms with van der Waals surface area (Å²) in [4.78, 5) is 18.8. The van der Waals surface area contributed by atoms with Crippen LogP contribution in [0.5, 0.6) is 0 Å². The Hall–Kier alpha value is -2.08. The Balaban J connectivity index is 2.53. The van der Waals surface area contributed by atoms with Gasteiger partial charge in [0.15, 0.2) is 5.96 Å². The largest absolute Gasteiger partial charge is 0.355 e. The van der Waals surface area contributed by atoms with Crippen LogP contribution in [0.15, 0.2) is 29.3 Å². The molecule has 0 saturated heterocycles. The molecule has 0 aliphatic heterocycles. The molecule has 0 aliphatic rings. The van der Waals surface area contributed by atoms with Crippen LogP contribution < -0.4 is 16.0 Å². The molecule has 0 spiro atoms. The van der Waals surface area contributed by atoms with Crippen molar-refractivity contribution in [3.8, 4) is 0 Å². The number of hydrogen-bond acceptors (Lipinski definition) is 3. The van der Waals surface area contributed by atoms with Crippen LogP contribution in [-0.4, -0.2) is 49.0 Å². The highest BCUT2D eigenvalue weighted by Gasteiger charge is 2.13. The average molecular weight is 390 g/mol. The number of nitrogens with one attached hydrogen (secondary N) is 3. The molecular formula is C22H39N5O. The Morgan fingerprint density at radius 1 is 1.11 bits per heavy atom. The Morgan fingerprint density at radius 2 is 1.79 bits per heavy atom. The topological polar surface area (TPSA) is 68.8 Å². The van der Waals surface area contributed by atoms with Gasteiger partial charge >= 0.3 is 0 Å². The van der Waals surface area contributed by atoms with Crippen molar-refractivity contribution in [2.24, 2.45) is 10.9 Å². The van der Waals surface area contributed by atoms with Crippen LogP contribution in [0.25, 0.3) is 0 Å². The number of nitrogens with zero attached hydrogens (tertiary/aromatic N) is 2. The average Bonchev–Trinajstić information content (AvgIpc) is 2.66. The monoisotopic (exact) mass is 389 g/mol. The van der Waals surface area contributed by atoms with Crippen LogP contribution in [-0.2, 0) is 11.3 Å². The van der Waals surface area contributed by atoms with Gasteiger partial charge in [0, 0.05) is 50.4 Å². The third-order valence-corrected chi connectivity index (χ3v) is 4.93. The molecule has 0 fully saturated rings.